The molecule has 0 spiro atoms. The van der Waals surface area contributed by atoms with Crippen LogP contribution in [0.5, 0.6) is 0 Å². The number of esters is 1. The molecule has 2 fully saturated rings. The molecule has 11 heteroatoms. The first-order valence-corrected chi connectivity index (χ1v) is 14.2. The second-order valence-corrected chi connectivity index (χ2v) is 12.6. The van der Waals surface area contributed by atoms with Gasteiger partial charge in [0.2, 0.25) is 0 Å². The van der Waals surface area contributed by atoms with Crippen molar-refractivity contribution in [1.29, 1.82) is 0 Å². The summed E-state index contributed by atoms with van der Waals surface area (Å²) in [5.41, 5.74) is -3.21. The van der Waals surface area contributed by atoms with Gasteiger partial charge in [-0.3, -0.25) is 14.4 Å². The van der Waals surface area contributed by atoms with Crippen molar-refractivity contribution in [2.24, 2.45) is 23.7 Å². The fraction of sp³-hybridized carbons (Fsp3) is 0.897. The number of methoxy groups -OCH3 is 1. The zero-order chi connectivity index (χ0) is 30.9. The number of ether oxygens (including phenoxy) is 4. The van der Waals surface area contributed by atoms with Crippen molar-refractivity contribution >= 4 is 17.5 Å². The molecule has 0 amide bonds. The number of cyclic esters (lactones) is 1. The SMILES string of the molecule is CO[C@@]1(C)C[C@@H](C)C(=O)[C@@H](C)[C@@H](O)[C@](C)(O)C(C)OC(=O)[C@H](C)C(=O)[C@H](C)[C@H]1OC1O[C@H](C)C[C@H](N(C)C)[C@H]1O. The summed E-state index contributed by atoms with van der Waals surface area (Å²) in [5.74, 6) is -5.58. The Hall–Kier alpha value is -1.47. The lowest BCUT2D eigenvalue weighted by atomic mass is 9.74. The number of aliphatic hydroxyl groups excluding tert-OH is 2. The lowest BCUT2D eigenvalue weighted by Crippen LogP contribution is -2.59. The van der Waals surface area contributed by atoms with Gasteiger partial charge in [-0.05, 0) is 61.6 Å². The molecule has 40 heavy (non-hydrogen) atoms. The number of rotatable bonds is 4. The third-order valence-corrected chi connectivity index (χ3v) is 9.14. The van der Waals surface area contributed by atoms with E-state index in [0.717, 1.165) is 0 Å². The van der Waals surface area contributed by atoms with Crippen molar-refractivity contribution in [3.63, 3.8) is 0 Å². The maximum Gasteiger partial charge on any atom is 0.316 e. The Morgan fingerprint density at radius 2 is 1.52 bits per heavy atom. The lowest BCUT2D eigenvalue weighted by Gasteiger charge is -2.47. The van der Waals surface area contributed by atoms with E-state index >= 15 is 0 Å². The normalized spacial score (nSPS) is 46.7. The van der Waals surface area contributed by atoms with Crippen LogP contribution in [0.1, 0.15) is 68.2 Å². The largest absolute Gasteiger partial charge is 0.459 e. The van der Waals surface area contributed by atoms with Gasteiger partial charge in [-0.1, -0.05) is 20.8 Å². The molecule has 2 unspecified atom stereocenters. The molecule has 0 saturated carbocycles. The number of aliphatic hydroxyl groups is 3. The van der Waals surface area contributed by atoms with Gasteiger partial charge in [0.25, 0.3) is 0 Å². The van der Waals surface area contributed by atoms with Crippen LogP contribution in [0.3, 0.4) is 0 Å². The number of likely N-dealkylation sites (N-methyl/N-ethyl adjacent to an activating group) is 1. The van der Waals surface area contributed by atoms with Gasteiger partial charge in [0.1, 0.15) is 29.5 Å². The summed E-state index contributed by atoms with van der Waals surface area (Å²) in [6.45, 7) is 12.5. The van der Waals surface area contributed by atoms with Crippen molar-refractivity contribution in [2.45, 2.75) is 122 Å². The number of hydrogen-bond acceptors (Lipinski definition) is 11. The number of nitrogens with zero attached hydrogens (tertiary/aromatic N) is 1. The van der Waals surface area contributed by atoms with Gasteiger partial charge in [0, 0.05) is 30.9 Å². The molecule has 2 saturated heterocycles. The van der Waals surface area contributed by atoms with Crippen LogP contribution < -0.4 is 0 Å². The first-order valence-electron chi connectivity index (χ1n) is 14.2. The molecule has 0 aromatic rings. The fourth-order valence-electron chi connectivity index (χ4n) is 6.02. The highest BCUT2D eigenvalue weighted by atomic mass is 16.7. The number of carbonyl (C=O) groups is 3. The zero-order valence-corrected chi connectivity index (χ0v) is 25.9. The first kappa shape index (κ1) is 34.7. The Labute approximate surface area is 238 Å². The summed E-state index contributed by atoms with van der Waals surface area (Å²) in [7, 11) is 5.15. The minimum atomic E-state index is -1.95. The second kappa shape index (κ2) is 13.2. The minimum Gasteiger partial charge on any atom is -0.459 e. The van der Waals surface area contributed by atoms with Crippen LogP contribution in [0.2, 0.25) is 0 Å². The topological polar surface area (TPSA) is 152 Å². The summed E-state index contributed by atoms with van der Waals surface area (Å²) in [5, 5.41) is 33.2. The van der Waals surface area contributed by atoms with E-state index < -0.39 is 77.3 Å². The van der Waals surface area contributed by atoms with E-state index in [1.54, 1.807) is 20.8 Å². The smallest absolute Gasteiger partial charge is 0.316 e. The molecule has 3 N–H and O–H groups in total. The highest BCUT2D eigenvalue weighted by Gasteiger charge is 2.51. The van der Waals surface area contributed by atoms with Crippen molar-refractivity contribution < 1.29 is 48.7 Å². The average Bonchev–Trinajstić information content (AvgIpc) is 2.89. The van der Waals surface area contributed by atoms with Gasteiger partial charge in [-0.2, -0.15) is 0 Å². The molecule has 2 aliphatic rings. The lowest BCUT2D eigenvalue weighted by molar-refractivity contribution is -0.295. The fourth-order valence-corrected chi connectivity index (χ4v) is 6.02. The summed E-state index contributed by atoms with van der Waals surface area (Å²) in [6, 6.07) is -0.266. The molecular weight excluding hydrogens is 522 g/mol. The van der Waals surface area contributed by atoms with E-state index in [9.17, 15) is 29.7 Å². The van der Waals surface area contributed by atoms with Crippen LogP contribution in [-0.4, -0.2) is 113 Å². The van der Waals surface area contributed by atoms with Crippen molar-refractivity contribution in [2.75, 3.05) is 21.2 Å². The van der Waals surface area contributed by atoms with E-state index in [1.807, 2.05) is 25.9 Å². The van der Waals surface area contributed by atoms with E-state index in [0.29, 0.717) is 6.42 Å². The third kappa shape index (κ3) is 7.11. The minimum absolute atomic E-state index is 0.0910. The van der Waals surface area contributed by atoms with Gasteiger partial charge in [-0.25, -0.2) is 0 Å². The second-order valence-electron chi connectivity index (χ2n) is 12.6. The summed E-state index contributed by atoms with van der Waals surface area (Å²) >= 11 is 0. The van der Waals surface area contributed by atoms with E-state index in [-0.39, 0.29) is 24.3 Å². The monoisotopic (exact) mass is 573 g/mol. The quantitative estimate of drug-likeness (QED) is 0.330. The Morgan fingerprint density at radius 3 is 2.05 bits per heavy atom. The van der Waals surface area contributed by atoms with E-state index in [4.69, 9.17) is 18.9 Å². The first-order chi connectivity index (χ1) is 18.3. The van der Waals surface area contributed by atoms with Gasteiger partial charge >= 0.3 is 5.97 Å². The van der Waals surface area contributed by atoms with Gasteiger partial charge in [0.15, 0.2) is 12.1 Å². The van der Waals surface area contributed by atoms with Crippen LogP contribution in [0.25, 0.3) is 0 Å². The highest BCUT2D eigenvalue weighted by Crippen LogP contribution is 2.38. The van der Waals surface area contributed by atoms with Crippen LogP contribution in [-0.2, 0) is 33.3 Å². The Kier molecular flexibility index (Phi) is 11.5. The van der Waals surface area contributed by atoms with Crippen molar-refractivity contribution in [3.8, 4) is 0 Å². The molecule has 2 aliphatic heterocycles. The van der Waals surface area contributed by atoms with Gasteiger partial charge in [0.05, 0.1) is 23.9 Å². The molecule has 2 heterocycles. The molecule has 0 aliphatic carbocycles. The third-order valence-electron chi connectivity index (χ3n) is 9.14. The number of Topliss-reactive ketones (excluding diaryl/α,β-unsaturated/α-hetero) is 2. The maximum atomic E-state index is 13.7. The molecule has 11 nitrogen and oxygen atoms in total. The zero-order valence-electron chi connectivity index (χ0n) is 25.9. The molecule has 0 bridgehead atoms. The number of hydrogen-bond donors (Lipinski definition) is 3. The Morgan fingerprint density at radius 1 is 0.950 bits per heavy atom. The van der Waals surface area contributed by atoms with E-state index in [1.165, 1.54) is 34.8 Å². The molecule has 232 valence electrons. The predicted molar refractivity (Wildman–Crippen MR) is 146 cm³/mol. The maximum absolute atomic E-state index is 13.7. The van der Waals surface area contributed by atoms with Crippen molar-refractivity contribution in [3.05, 3.63) is 0 Å². The average molecular weight is 574 g/mol. The Balaban J connectivity index is 2.59. The molecule has 2 rings (SSSR count). The van der Waals surface area contributed by atoms with Crippen molar-refractivity contribution in [1.82, 2.24) is 4.90 Å². The van der Waals surface area contributed by atoms with Gasteiger partial charge < -0.3 is 39.2 Å². The number of ketones is 2. The Bertz CT molecular complexity index is 909. The molecule has 0 aromatic carbocycles. The van der Waals surface area contributed by atoms with Crippen LogP contribution in [0.4, 0.5) is 0 Å². The molecule has 0 aromatic heterocycles. The van der Waals surface area contributed by atoms with Crippen LogP contribution >= 0.6 is 0 Å². The molecule has 13 atom stereocenters. The van der Waals surface area contributed by atoms with E-state index in [2.05, 4.69) is 0 Å². The van der Waals surface area contributed by atoms with Gasteiger partial charge in [-0.15, -0.1) is 0 Å². The summed E-state index contributed by atoms with van der Waals surface area (Å²) in [4.78, 5) is 42.1. The molecule has 0 radical (unpaired) electrons. The highest BCUT2D eigenvalue weighted by molar-refractivity contribution is 6.00. The predicted octanol–water partition coefficient (Wildman–Crippen LogP) is 1.33. The number of carbonyl (C=O) groups excluding carboxylic acids is 3. The standard InChI is InChI=1S/C29H51NO10/c1-14-13-28(7,37-11)25(40-27-23(33)20(30(9)10)12-15(2)38-27)17(4)22(32)18(5)26(35)39-19(6)29(8,36)24(34)16(3)21(14)31/h14-20,23-25,27,33-34,36H,12-13H2,1-11H3/t14-,15-,16-,17+,18-,19?,20+,23-,24-,25-,27?,28+,29-/m1/s1. The molecular formula is C29H51NO10. The van der Waals surface area contributed by atoms with Crippen LogP contribution in [0.15, 0.2) is 0 Å². The summed E-state index contributed by atoms with van der Waals surface area (Å²) in [6.07, 6.45) is -5.51. The summed E-state index contributed by atoms with van der Waals surface area (Å²) < 4.78 is 23.8. The van der Waals surface area contributed by atoms with Crippen LogP contribution in [0, 0.1) is 23.7 Å².